The number of anilines is 2. The van der Waals surface area contributed by atoms with E-state index in [1.807, 2.05) is 0 Å². The predicted molar refractivity (Wildman–Crippen MR) is 108 cm³/mol. The molecule has 2 aromatic rings. The van der Waals surface area contributed by atoms with E-state index in [2.05, 4.69) is 16.2 Å². The van der Waals surface area contributed by atoms with Crippen molar-refractivity contribution in [2.75, 3.05) is 37.0 Å². The van der Waals surface area contributed by atoms with E-state index in [0.29, 0.717) is 30.9 Å². The summed E-state index contributed by atoms with van der Waals surface area (Å²) in [5.74, 6) is -0.901. The van der Waals surface area contributed by atoms with E-state index in [0.717, 1.165) is 6.07 Å². The first-order valence-electron chi connectivity index (χ1n) is 9.85. The highest BCUT2D eigenvalue weighted by molar-refractivity contribution is 6.01. The second-order valence-corrected chi connectivity index (χ2v) is 7.58. The van der Waals surface area contributed by atoms with Gasteiger partial charge in [-0.15, -0.1) is 0 Å². The largest absolute Gasteiger partial charge is 0.497 e. The van der Waals surface area contributed by atoms with Crippen LogP contribution in [0.4, 0.5) is 28.9 Å². The molecule has 10 heteroatoms. The fraction of sp³-hybridized carbons (Fsp3) is 0.381. The van der Waals surface area contributed by atoms with Gasteiger partial charge in [-0.3, -0.25) is 15.6 Å². The van der Waals surface area contributed by atoms with Crippen molar-refractivity contribution in [3.05, 3.63) is 53.3 Å². The Labute approximate surface area is 176 Å². The molecule has 0 saturated carbocycles. The summed E-state index contributed by atoms with van der Waals surface area (Å²) < 4.78 is 59.9. The molecule has 2 fully saturated rings. The Kier molecular flexibility index (Phi) is 5.76. The zero-order valence-corrected chi connectivity index (χ0v) is 16.7. The molecule has 0 bridgehead atoms. The van der Waals surface area contributed by atoms with Crippen LogP contribution in [0.25, 0.3) is 0 Å². The summed E-state index contributed by atoms with van der Waals surface area (Å²) >= 11 is 0. The third-order valence-corrected chi connectivity index (χ3v) is 5.57. The number of ether oxygens (including phenoxy) is 1. The van der Waals surface area contributed by atoms with Gasteiger partial charge in [-0.05, 0) is 30.2 Å². The van der Waals surface area contributed by atoms with Crippen molar-refractivity contribution in [3.8, 4) is 5.75 Å². The minimum atomic E-state index is -4.54. The third kappa shape index (κ3) is 4.45. The number of nitrogens with one attached hydrogen (secondary N) is 3. The van der Waals surface area contributed by atoms with Gasteiger partial charge < -0.3 is 15.0 Å². The van der Waals surface area contributed by atoms with Crippen LogP contribution in [0.3, 0.4) is 0 Å². The van der Waals surface area contributed by atoms with Gasteiger partial charge in [0, 0.05) is 49.1 Å². The summed E-state index contributed by atoms with van der Waals surface area (Å²) in [5.41, 5.74) is 5.70. The fourth-order valence-corrected chi connectivity index (χ4v) is 4.03. The summed E-state index contributed by atoms with van der Waals surface area (Å²) in [7, 11) is 1.40. The van der Waals surface area contributed by atoms with E-state index in [1.165, 1.54) is 30.2 Å². The molecule has 3 N–H and O–H groups in total. The van der Waals surface area contributed by atoms with Gasteiger partial charge >= 0.3 is 6.18 Å². The fourth-order valence-electron chi connectivity index (χ4n) is 4.03. The Morgan fingerprint density at radius 1 is 1.13 bits per heavy atom. The molecule has 0 aromatic heterocycles. The molecular formula is C21H22F4N4O2. The lowest BCUT2D eigenvalue weighted by Gasteiger charge is -2.22. The zero-order valence-electron chi connectivity index (χ0n) is 16.7. The molecule has 166 valence electrons. The molecule has 6 nitrogen and oxygen atoms in total. The van der Waals surface area contributed by atoms with Crippen LogP contribution >= 0.6 is 0 Å². The molecule has 2 heterocycles. The lowest BCUT2D eigenvalue weighted by molar-refractivity contribution is -0.138. The van der Waals surface area contributed by atoms with Crippen LogP contribution in [0.2, 0.25) is 0 Å². The molecule has 0 radical (unpaired) electrons. The monoisotopic (exact) mass is 438 g/mol. The average molecular weight is 438 g/mol. The first-order valence-corrected chi connectivity index (χ1v) is 9.85. The molecule has 1 atom stereocenters. The number of hydrazine groups is 1. The minimum Gasteiger partial charge on any atom is -0.497 e. The molecule has 4 rings (SSSR count). The smallest absolute Gasteiger partial charge is 0.416 e. The lowest BCUT2D eigenvalue weighted by Crippen LogP contribution is -2.33. The molecule has 1 unspecified atom stereocenters. The normalized spacial score (nSPS) is 19.8. The Morgan fingerprint density at radius 2 is 1.87 bits per heavy atom. The van der Waals surface area contributed by atoms with Gasteiger partial charge in [0.2, 0.25) is 5.91 Å². The first-order chi connectivity index (χ1) is 14.8. The van der Waals surface area contributed by atoms with Crippen LogP contribution in [0, 0.1) is 5.82 Å². The predicted octanol–water partition coefficient (Wildman–Crippen LogP) is 3.26. The number of benzene rings is 2. The van der Waals surface area contributed by atoms with E-state index < -0.39 is 23.6 Å². The summed E-state index contributed by atoms with van der Waals surface area (Å²) in [5, 5.41) is 2.96. The van der Waals surface area contributed by atoms with Crippen molar-refractivity contribution in [2.24, 2.45) is 0 Å². The van der Waals surface area contributed by atoms with Gasteiger partial charge in [0.1, 0.15) is 17.6 Å². The maximum atomic E-state index is 13.7. The van der Waals surface area contributed by atoms with E-state index in [-0.39, 0.29) is 29.6 Å². The van der Waals surface area contributed by atoms with Crippen molar-refractivity contribution < 1.29 is 27.1 Å². The van der Waals surface area contributed by atoms with E-state index in [9.17, 15) is 22.4 Å². The van der Waals surface area contributed by atoms with Gasteiger partial charge in [-0.25, -0.2) is 4.39 Å². The maximum absolute atomic E-state index is 13.7. The summed E-state index contributed by atoms with van der Waals surface area (Å²) in [6, 6.07) is 7.36. The van der Waals surface area contributed by atoms with E-state index >= 15 is 0 Å². The van der Waals surface area contributed by atoms with Crippen molar-refractivity contribution in [1.82, 2.24) is 10.9 Å². The van der Waals surface area contributed by atoms with Crippen LogP contribution in [-0.2, 0) is 11.0 Å². The van der Waals surface area contributed by atoms with Crippen molar-refractivity contribution >= 4 is 17.3 Å². The lowest BCUT2D eigenvalue weighted by atomic mass is 9.94. The van der Waals surface area contributed by atoms with Gasteiger partial charge in [-0.1, -0.05) is 6.07 Å². The number of carbonyl (C=O) groups excluding carboxylic acids is 1. The van der Waals surface area contributed by atoms with Gasteiger partial charge in [0.15, 0.2) is 0 Å². The Hall–Kier alpha value is -2.85. The highest BCUT2D eigenvalue weighted by Gasteiger charge is 2.38. The number of amides is 1. The quantitative estimate of drug-likeness (QED) is 0.626. The highest BCUT2D eigenvalue weighted by atomic mass is 19.4. The maximum Gasteiger partial charge on any atom is 0.416 e. The topological polar surface area (TPSA) is 65.6 Å². The molecule has 31 heavy (non-hydrogen) atoms. The summed E-state index contributed by atoms with van der Waals surface area (Å²) in [6.45, 7) is 1.05. The molecule has 1 amide bonds. The number of halogens is 4. The molecule has 2 aliphatic rings. The van der Waals surface area contributed by atoms with Gasteiger partial charge in [-0.2, -0.15) is 13.2 Å². The van der Waals surface area contributed by atoms with Crippen LogP contribution in [0.5, 0.6) is 5.75 Å². The van der Waals surface area contributed by atoms with Crippen LogP contribution in [0.1, 0.15) is 23.5 Å². The van der Waals surface area contributed by atoms with Crippen molar-refractivity contribution in [1.29, 1.82) is 0 Å². The van der Waals surface area contributed by atoms with Crippen molar-refractivity contribution in [2.45, 2.75) is 24.6 Å². The number of nitrogens with zero attached hydrogens (tertiary/aromatic N) is 1. The molecular weight excluding hydrogens is 416 g/mol. The van der Waals surface area contributed by atoms with Crippen LogP contribution in [-0.4, -0.2) is 38.7 Å². The first kappa shape index (κ1) is 21.4. The molecule has 0 spiro atoms. The van der Waals surface area contributed by atoms with Crippen LogP contribution < -0.4 is 25.8 Å². The number of hydrogen-bond acceptors (Lipinski definition) is 5. The molecule has 2 aromatic carbocycles. The van der Waals surface area contributed by atoms with E-state index in [4.69, 9.17) is 4.74 Å². The second kappa shape index (κ2) is 8.35. The number of alkyl halides is 3. The van der Waals surface area contributed by atoms with Gasteiger partial charge in [0.05, 0.1) is 12.7 Å². The molecule has 2 saturated heterocycles. The Bertz CT molecular complexity index is 976. The molecule has 2 aliphatic heterocycles. The number of hydrogen-bond donors (Lipinski definition) is 3. The van der Waals surface area contributed by atoms with Crippen LogP contribution in [0.15, 0.2) is 36.4 Å². The Balaban J connectivity index is 1.56. The van der Waals surface area contributed by atoms with E-state index in [1.54, 1.807) is 12.1 Å². The second-order valence-electron chi connectivity index (χ2n) is 7.58. The zero-order chi connectivity index (χ0) is 22.2. The molecule has 0 aliphatic carbocycles. The van der Waals surface area contributed by atoms with Gasteiger partial charge in [0.25, 0.3) is 0 Å². The standard InChI is InChI=1S/C21H22F4N4O2/c1-31-16-7-13(22)6-14(8-16)28-19-4-5-29(20(19)30)15-2-3-17(12-10-26-27-11-12)18(9-15)21(23,24)25/h2-3,6-9,12,19,26-28H,4-5,10-11H2,1H3. The highest BCUT2D eigenvalue weighted by Crippen LogP contribution is 2.38. The number of methoxy groups -OCH3 is 1. The van der Waals surface area contributed by atoms with Crippen molar-refractivity contribution in [3.63, 3.8) is 0 Å². The summed E-state index contributed by atoms with van der Waals surface area (Å²) in [6.07, 6.45) is -4.16. The number of carbonyl (C=O) groups is 1. The Morgan fingerprint density at radius 3 is 2.55 bits per heavy atom. The summed E-state index contributed by atoms with van der Waals surface area (Å²) in [4.78, 5) is 14.2. The number of rotatable bonds is 5. The third-order valence-electron chi connectivity index (χ3n) is 5.57. The minimum absolute atomic E-state index is 0.195. The SMILES string of the molecule is COc1cc(F)cc(NC2CCN(c3ccc(C4CNNC4)c(C(F)(F)F)c3)C2=O)c1. The average Bonchev–Trinajstić information content (AvgIpc) is 3.37.